The lowest BCUT2D eigenvalue weighted by molar-refractivity contribution is -0.384. The highest BCUT2D eigenvalue weighted by molar-refractivity contribution is 7.89. The fraction of sp³-hybridized carbons (Fsp3) is 0.278. The predicted molar refractivity (Wildman–Crippen MR) is 110 cm³/mol. The van der Waals surface area contributed by atoms with Crippen molar-refractivity contribution in [2.24, 2.45) is 5.10 Å². The van der Waals surface area contributed by atoms with Gasteiger partial charge in [0.25, 0.3) is 5.69 Å². The summed E-state index contributed by atoms with van der Waals surface area (Å²) in [6, 6.07) is 10.7. The Morgan fingerprint density at radius 1 is 1.21 bits per heavy atom. The molecule has 150 valence electrons. The normalized spacial score (nSPS) is 12.2. The number of nitrogens with one attached hydrogen (secondary N) is 1. The molecule has 28 heavy (non-hydrogen) atoms. The molecule has 8 nitrogen and oxygen atoms in total. The van der Waals surface area contributed by atoms with E-state index in [2.05, 4.69) is 10.5 Å². The van der Waals surface area contributed by atoms with Gasteiger partial charge in [-0.1, -0.05) is 37.6 Å². The van der Waals surface area contributed by atoms with E-state index in [0.717, 1.165) is 11.6 Å². The van der Waals surface area contributed by atoms with Crippen molar-refractivity contribution >= 4 is 38.7 Å². The summed E-state index contributed by atoms with van der Waals surface area (Å²) >= 11 is 5.96. The molecule has 0 aromatic heterocycles. The first-order valence-corrected chi connectivity index (χ1v) is 10.4. The molecule has 0 aliphatic rings. The monoisotopic (exact) mass is 424 g/mol. The zero-order chi connectivity index (χ0) is 20.9. The average Bonchev–Trinajstić information content (AvgIpc) is 2.66. The third kappa shape index (κ3) is 4.86. The van der Waals surface area contributed by atoms with Crippen LogP contribution in [0.2, 0.25) is 5.02 Å². The van der Waals surface area contributed by atoms with Gasteiger partial charge in [0, 0.05) is 24.2 Å². The van der Waals surface area contributed by atoms with Crippen molar-refractivity contribution in [2.75, 3.05) is 18.5 Å². The molecular formula is C18H21ClN4O4S. The molecular weight excluding hydrogens is 404 g/mol. The third-order valence-electron chi connectivity index (χ3n) is 4.10. The molecule has 0 bridgehead atoms. The van der Waals surface area contributed by atoms with Crippen molar-refractivity contribution in [2.45, 2.75) is 25.7 Å². The number of halogens is 1. The van der Waals surface area contributed by atoms with Gasteiger partial charge in [0.15, 0.2) is 0 Å². The van der Waals surface area contributed by atoms with E-state index in [1.807, 2.05) is 0 Å². The van der Waals surface area contributed by atoms with Gasteiger partial charge >= 0.3 is 0 Å². The van der Waals surface area contributed by atoms with Crippen LogP contribution in [-0.4, -0.2) is 36.4 Å². The summed E-state index contributed by atoms with van der Waals surface area (Å²) in [5, 5.41) is 16.2. The Hall–Kier alpha value is -2.49. The molecule has 2 aromatic rings. The number of anilines is 1. The molecule has 0 heterocycles. The number of benzene rings is 2. The lowest BCUT2D eigenvalue weighted by atomic mass is 10.1. The summed E-state index contributed by atoms with van der Waals surface area (Å²) < 4.78 is 26.4. The summed E-state index contributed by atoms with van der Waals surface area (Å²) in [6.07, 6.45) is 0. The van der Waals surface area contributed by atoms with Gasteiger partial charge in [0.2, 0.25) is 10.0 Å². The van der Waals surface area contributed by atoms with Gasteiger partial charge in [-0.3, -0.25) is 15.5 Å². The SMILES string of the molecule is CCN(CC)S(=O)(=O)c1ccc(N/N=C(\C)c2cccc(Cl)c2)c([N+](=O)[O-])c1. The highest BCUT2D eigenvalue weighted by Crippen LogP contribution is 2.29. The minimum atomic E-state index is -3.80. The van der Waals surface area contributed by atoms with Crippen LogP contribution in [0.1, 0.15) is 26.3 Å². The van der Waals surface area contributed by atoms with Gasteiger partial charge in [-0.25, -0.2) is 8.42 Å². The molecule has 0 spiro atoms. The fourth-order valence-electron chi connectivity index (χ4n) is 2.55. The van der Waals surface area contributed by atoms with Crippen LogP contribution < -0.4 is 5.43 Å². The van der Waals surface area contributed by atoms with E-state index in [9.17, 15) is 18.5 Å². The number of nitro groups is 1. The fourth-order valence-corrected chi connectivity index (χ4v) is 4.22. The van der Waals surface area contributed by atoms with Crippen LogP contribution in [0.25, 0.3) is 0 Å². The topological polar surface area (TPSA) is 105 Å². The van der Waals surface area contributed by atoms with Crippen LogP contribution in [-0.2, 0) is 10.0 Å². The highest BCUT2D eigenvalue weighted by Gasteiger charge is 2.25. The average molecular weight is 425 g/mol. The van der Waals surface area contributed by atoms with E-state index >= 15 is 0 Å². The number of hydrogen-bond donors (Lipinski definition) is 1. The predicted octanol–water partition coefficient (Wildman–Crippen LogP) is 4.11. The number of sulfonamides is 1. The zero-order valence-corrected chi connectivity index (χ0v) is 17.3. The number of rotatable bonds is 8. The summed E-state index contributed by atoms with van der Waals surface area (Å²) in [6.45, 7) is 5.69. The second kappa shape index (κ2) is 9.13. The van der Waals surface area contributed by atoms with Gasteiger partial charge in [0.05, 0.1) is 15.5 Å². The highest BCUT2D eigenvalue weighted by atomic mass is 35.5. The zero-order valence-electron chi connectivity index (χ0n) is 15.7. The minimum absolute atomic E-state index is 0.0878. The van der Waals surface area contributed by atoms with Crippen LogP contribution >= 0.6 is 11.6 Å². The first kappa shape index (κ1) is 21.8. The van der Waals surface area contributed by atoms with E-state index < -0.39 is 14.9 Å². The first-order chi connectivity index (χ1) is 13.2. The van der Waals surface area contributed by atoms with E-state index in [0.29, 0.717) is 10.7 Å². The maximum Gasteiger partial charge on any atom is 0.295 e. The Balaban J connectivity index is 2.38. The Bertz CT molecular complexity index is 1000. The van der Waals surface area contributed by atoms with Crippen LogP contribution in [0.15, 0.2) is 52.5 Å². The molecule has 0 aliphatic heterocycles. The number of hydrazone groups is 1. The summed E-state index contributed by atoms with van der Waals surface area (Å²) in [5.74, 6) is 0. The second-order valence-electron chi connectivity index (χ2n) is 5.84. The number of hydrogen-bond acceptors (Lipinski definition) is 6. The lowest BCUT2D eigenvalue weighted by Crippen LogP contribution is -2.30. The number of nitrogens with zero attached hydrogens (tertiary/aromatic N) is 3. The molecule has 0 saturated carbocycles. The first-order valence-electron chi connectivity index (χ1n) is 8.55. The number of nitro benzene ring substituents is 1. The summed E-state index contributed by atoms with van der Waals surface area (Å²) in [7, 11) is -3.80. The van der Waals surface area contributed by atoms with E-state index in [1.54, 1.807) is 45.0 Å². The van der Waals surface area contributed by atoms with E-state index in [4.69, 9.17) is 11.6 Å². The Kier molecular flexibility index (Phi) is 7.11. The standard InChI is InChI=1S/C18H21ClN4O4S/c1-4-22(5-2)28(26,27)16-9-10-17(18(12-16)23(24)25)21-20-13(3)14-7-6-8-15(19)11-14/h6-12,21H,4-5H2,1-3H3/b20-13+. The van der Waals surface area contributed by atoms with Crippen molar-refractivity contribution < 1.29 is 13.3 Å². The molecule has 0 aliphatic carbocycles. The summed E-state index contributed by atoms with van der Waals surface area (Å²) in [4.78, 5) is 10.7. The van der Waals surface area contributed by atoms with Crippen LogP contribution in [0.4, 0.5) is 11.4 Å². The maximum absolute atomic E-state index is 12.6. The molecule has 0 atom stereocenters. The van der Waals surface area contributed by atoms with Crippen LogP contribution in [0.5, 0.6) is 0 Å². The van der Waals surface area contributed by atoms with E-state index in [1.165, 1.54) is 16.4 Å². The molecule has 2 aromatic carbocycles. The molecule has 0 amide bonds. The van der Waals surface area contributed by atoms with Gasteiger partial charge in [-0.05, 0) is 36.8 Å². The molecule has 1 N–H and O–H groups in total. The second-order valence-corrected chi connectivity index (χ2v) is 8.22. The van der Waals surface area contributed by atoms with Gasteiger partial charge in [0.1, 0.15) is 5.69 Å². The smallest absolute Gasteiger partial charge is 0.271 e. The molecule has 0 fully saturated rings. The summed E-state index contributed by atoms with van der Waals surface area (Å²) in [5.41, 5.74) is 3.67. The Labute approximate surface area is 169 Å². The minimum Gasteiger partial charge on any atom is -0.271 e. The Morgan fingerprint density at radius 3 is 2.46 bits per heavy atom. The molecule has 10 heteroatoms. The Morgan fingerprint density at radius 2 is 1.89 bits per heavy atom. The van der Waals surface area contributed by atoms with Crippen molar-refractivity contribution in [1.29, 1.82) is 0 Å². The molecule has 2 rings (SSSR count). The van der Waals surface area contributed by atoms with Gasteiger partial charge < -0.3 is 0 Å². The maximum atomic E-state index is 12.6. The van der Waals surface area contributed by atoms with Crippen molar-refractivity contribution in [1.82, 2.24) is 4.31 Å². The third-order valence-corrected chi connectivity index (χ3v) is 6.38. The van der Waals surface area contributed by atoms with Crippen LogP contribution in [0, 0.1) is 10.1 Å². The van der Waals surface area contributed by atoms with E-state index in [-0.39, 0.29) is 29.4 Å². The van der Waals surface area contributed by atoms with Gasteiger partial charge in [-0.15, -0.1) is 0 Å². The van der Waals surface area contributed by atoms with Crippen molar-refractivity contribution in [3.05, 3.63) is 63.2 Å². The molecule has 0 radical (unpaired) electrons. The van der Waals surface area contributed by atoms with Crippen LogP contribution in [0.3, 0.4) is 0 Å². The van der Waals surface area contributed by atoms with Gasteiger partial charge in [-0.2, -0.15) is 9.41 Å². The molecule has 0 saturated heterocycles. The van der Waals surface area contributed by atoms with Crippen molar-refractivity contribution in [3.63, 3.8) is 0 Å². The largest absolute Gasteiger partial charge is 0.295 e. The quantitative estimate of drug-likeness (QED) is 0.390. The molecule has 0 unspecified atom stereocenters. The lowest BCUT2D eigenvalue weighted by Gasteiger charge is -2.18. The van der Waals surface area contributed by atoms with Crippen molar-refractivity contribution in [3.8, 4) is 0 Å².